The average Bonchev–Trinajstić information content (AvgIpc) is 2.08. The van der Waals surface area contributed by atoms with Crippen molar-refractivity contribution in [2.45, 2.75) is 32.4 Å². The second-order valence-electron chi connectivity index (χ2n) is 3.54. The third-order valence-electron chi connectivity index (χ3n) is 2.24. The lowest BCUT2D eigenvalue weighted by molar-refractivity contribution is -0.145. The molecule has 80 valence electrons. The van der Waals surface area contributed by atoms with Gasteiger partial charge < -0.3 is 15.3 Å². The fraction of sp³-hybridized carbons (Fsp3) is 0.778. The molecule has 2 amide bonds. The zero-order valence-electron chi connectivity index (χ0n) is 8.49. The molecule has 1 fully saturated rings. The highest BCUT2D eigenvalue weighted by Crippen LogP contribution is 2.09. The standard InChI is InChI=1S/C9H16N2O3/c1-3-8(13)10-7-4-11(5-7)9(14)6(2)12/h6-7,12H,3-5H2,1-2H3,(H,10,13)/t6-/m0/s1. The Bertz CT molecular complexity index is 234. The largest absolute Gasteiger partial charge is 0.384 e. The Labute approximate surface area is 83.1 Å². The summed E-state index contributed by atoms with van der Waals surface area (Å²) in [5, 5.41) is 11.8. The van der Waals surface area contributed by atoms with E-state index in [2.05, 4.69) is 5.32 Å². The quantitative estimate of drug-likeness (QED) is 0.620. The molecular weight excluding hydrogens is 184 g/mol. The molecule has 1 atom stereocenters. The van der Waals surface area contributed by atoms with Gasteiger partial charge in [-0.2, -0.15) is 0 Å². The molecule has 0 aromatic heterocycles. The molecule has 0 spiro atoms. The molecule has 0 aliphatic carbocycles. The Kier molecular flexibility index (Phi) is 3.46. The molecule has 1 heterocycles. The maximum absolute atomic E-state index is 11.2. The zero-order valence-corrected chi connectivity index (χ0v) is 8.49. The maximum Gasteiger partial charge on any atom is 0.251 e. The number of hydrogen-bond donors (Lipinski definition) is 2. The number of aliphatic hydroxyl groups is 1. The summed E-state index contributed by atoms with van der Waals surface area (Å²) in [5.74, 6) is -0.272. The molecule has 0 saturated carbocycles. The molecule has 0 bridgehead atoms. The number of hydrogen-bond acceptors (Lipinski definition) is 3. The van der Waals surface area contributed by atoms with Gasteiger partial charge in [0.1, 0.15) is 6.10 Å². The van der Waals surface area contributed by atoms with E-state index in [4.69, 9.17) is 5.11 Å². The average molecular weight is 200 g/mol. The van der Waals surface area contributed by atoms with Gasteiger partial charge in [0.25, 0.3) is 5.91 Å². The fourth-order valence-electron chi connectivity index (χ4n) is 1.34. The topological polar surface area (TPSA) is 69.6 Å². The van der Waals surface area contributed by atoms with Crippen LogP contribution >= 0.6 is 0 Å². The highest BCUT2D eigenvalue weighted by Gasteiger charge is 2.32. The molecule has 0 radical (unpaired) electrons. The Balaban J connectivity index is 2.23. The lowest BCUT2D eigenvalue weighted by atomic mass is 10.1. The van der Waals surface area contributed by atoms with E-state index >= 15 is 0 Å². The minimum absolute atomic E-state index is 0.000791. The Morgan fingerprint density at radius 2 is 2.14 bits per heavy atom. The Morgan fingerprint density at radius 1 is 1.57 bits per heavy atom. The Morgan fingerprint density at radius 3 is 2.57 bits per heavy atom. The Hall–Kier alpha value is -1.10. The first-order valence-electron chi connectivity index (χ1n) is 4.80. The number of carbonyl (C=O) groups is 2. The zero-order chi connectivity index (χ0) is 10.7. The van der Waals surface area contributed by atoms with Crippen molar-refractivity contribution in [2.24, 2.45) is 0 Å². The van der Waals surface area contributed by atoms with Crippen molar-refractivity contribution in [2.75, 3.05) is 13.1 Å². The lowest BCUT2D eigenvalue weighted by Gasteiger charge is -2.40. The number of nitrogens with one attached hydrogen (secondary N) is 1. The first-order valence-corrected chi connectivity index (χ1v) is 4.80. The van der Waals surface area contributed by atoms with Gasteiger partial charge in [-0.25, -0.2) is 0 Å². The number of likely N-dealkylation sites (tertiary alicyclic amines) is 1. The molecule has 0 aromatic rings. The molecule has 5 nitrogen and oxygen atoms in total. The van der Waals surface area contributed by atoms with Crippen molar-refractivity contribution in [1.82, 2.24) is 10.2 Å². The van der Waals surface area contributed by atoms with E-state index in [1.807, 2.05) is 0 Å². The third kappa shape index (κ3) is 2.45. The number of nitrogens with zero attached hydrogens (tertiary/aromatic N) is 1. The first kappa shape index (κ1) is 11.0. The van der Waals surface area contributed by atoms with Gasteiger partial charge in [0.05, 0.1) is 6.04 Å². The van der Waals surface area contributed by atoms with Crippen LogP contribution in [0.1, 0.15) is 20.3 Å². The SMILES string of the molecule is CCC(=O)NC1CN(C(=O)[C@H](C)O)C1. The normalized spacial score (nSPS) is 18.6. The van der Waals surface area contributed by atoms with Crippen LogP contribution in [0, 0.1) is 0 Å². The van der Waals surface area contributed by atoms with Crippen LogP contribution in [0.25, 0.3) is 0 Å². The summed E-state index contributed by atoms with van der Waals surface area (Å²) in [6, 6.07) is 0.0603. The van der Waals surface area contributed by atoms with Crippen LogP contribution in [0.2, 0.25) is 0 Å². The van der Waals surface area contributed by atoms with E-state index in [1.54, 1.807) is 6.92 Å². The summed E-state index contributed by atoms with van der Waals surface area (Å²) < 4.78 is 0. The van der Waals surface area contributed by atoms with Gasteiger partial charge >= 0.3 is 0 Å². The predicted molar refractivity (Wildman–Crippen MR) is 50.5 cm³/mol. The fourth-order valence-corrected chi connectivity index (χ4v) is 1.34. The van der Waals surface area contributed by atoms with Gasteiger partial charge in [0.2, 0.25) is 5.91 Å². The number of amides is 2. The third-order valence-corrected chi connectivity index (χ3v) is 2.24. The predicted octanol–water partition coefficient (Wildman–Crippen LogP) is -0.896. The minimum Gasteiger partial charge on any atom is -0.384 e. The van der Waals surface area contributed by atoms with E-state index in [-0.39, 0.29) is 17.9 Å². The van der Waals surface area contributed by atoms with Crippen molar-refractivity contribution in [3.05, 3.63) is 0 Å². The van der Waals surface area contributed by atoms with Crippen LogP contribution in [0.15, 0.2) is 0 Å². The highest BCUT2D eigenvalue weighted by atomic mass is 16.3. The highest BCUT2D eigenvalue weighted by molar-refractivity contribution is 5.82. The van der Waals surface area contributed by atoms with Gasteiger partial charge in [-0.15, -0.1) is 0 Å². The summed E-state index contributed by atoms with van der Waals surface area (Å²) in [7, 11) is 0. The second-order valence-corrected chi connectivity index (χ2v) is 3.54. The maximum atomic E-state index is 11.2. The minimum atomic E-state index is -0.946. The van der Waals surface area contributed by atoms with Gasteiger partial charge in [-0.1, -0.05) is 6.92 Å². The van der Waals surface area contributed by atoms with E-state index in [1.165, 1.54) is 11.8 Å². The number of rotatable bonds is 3. The van der Waals surface area contributed by atoms with Crippen LogP contribution in [0.3, 0.4) is 0 Å². The smallest absolute Gasteiger partial charge is 0.251 e. The van der Waals surface area contributed by atoms with Crippen molar-refractivity contribution >= 4 is 11.8 Å². The number of aliphatic hydroxyl groups excluding tert-OH is 1. The summed E-state index contributed by atoms with van der Waals surface area (Å²) in [4.78, 5) is 23.7. The molecule has 1 saturated heterocycles. The van der Waals surface area contributed by atoms with Crippen LogP contribution < -0.4 is 5.32 Å². The van der Waals surface area contributed by atoms with Crippen molar-refractivity contribution < 1.29 is 14.7 Å². The summed E-state index contributed by atoms with van der Waals surface area (Å²) >= 11 is 0. The number of carbonyl (C=O) groups excluding carboxylic acids is 2. The molecule has 1 rings (SSSR count). The van der Waals surface area contributed by atoms with Crippen LogP contribution in [-0.4, -0.2) is 47.1 Å². The molecule has 0 unspecified atom stereocenters. The monoisotopic (exact) mass is 200 g/mol. The second kappa shape index (κ2) is 4.41. The molecule has 0 aromatic carbocycles. The molecule has 1 aliphatic rings. The summed E-state index contributed by atoms with van der Waals surface area (Å²) in [6.07, 6.45) is -0.487. The van der Waals surface area contributed by atoms with Crippen molar-refractivity contribution in [1.29, 1.82) is 0 Å². The summed E-state index contributed by atoms with van der Waals surface area (Å²) in [5.41, 5.74) is 0. The van der Waals surface area contributed by atoms with Gasteiger partial charge in [0.15, 0.2) is 0 Å². The molecule has 5 heteroatoms. The van der Waals surface area contributed by atoms with Gasteiger partial charge in [-0.3, -0.25) is 9.59 Å². The van der Waals surface area contributed by atoms with E-state index in [0.29, 0.717) is 19.5 Å². The van der Waals surface area contributed by atoms with Crippen LogP contribution in [0.5, 0.6) is 0 Å². The van der Waals surface area contributed by atoms with Gasteiger partial charge in [0, 0.05) is 19.5 Å². The molecule has 2 N–H and O–H groups in total. The molecular formula is C9H16N2O3. The van der Waals surface area contributed by atoms with Crippen molar-refractivity contribution in [3.63, 3.8) is 0 Å². The van der Waals surface area contributed by atoms with E-state index < -0.39 is 6.10 Å². The van der Waals surface area contributed by atoms with E-state index in [9.17, 15) is 9.59 Å². The molecule has 14 heavy (non-hydrogen) atoms. The first-order chi connectivity index (χ1) is 6.54. The summed E-state index contributed by atoms with van der Waals surface area (Å²) in [6.45, 7) is 4.25. The van der Waals surface area contributed by atoms with E-state index in [0.717, 1.165) is 0 Å². The lowest BCUT2D eigenvalue weighted by Crippen LogP contribution is -2.62. The van der Waals surface area contributed by atoms with Crippen LogP contribution in [0.4, 0.5) is 0 Å². The van der Waals surface area contributed by atoms with Gasteiger partial charge in [-0.05, 0) is 6.92 Å². The van der Waals surface area contributed by atoms with Crippen molar-refractivity contribution in [3.8, 4) is 0 Å². The van der Waals surface area contributed by atoms with Crippen LogP contribution in [-0.2, 0) is 9.59 Å². The molecule has 1 aliphatic heterocycles.